The van der Waals surface area contributed by atoms with Gasteiger partial charge in [-0.15, -0.1) is 0 Å². The smallest absolute Gasteiger partial charge is 0.143 e. The second kappa shape index (κ2) is 4.43. The molecule has 0 aromatic rings. The molecule has 0 radical (unpaired) electrons. The van der Waals surface area contributed by atoms with Gasteiger partial charge < -0.3 is 5.73 Å². The molecule has 1 rings (SSSR count). The molecule has 0 bridgehead atoms. The lowest BCUT2D eigenvalue weighted by Crippen LogP contribution is -2.43. The number of ketones is 1. The summed E-state index contributed by atoms with van der Waals surface area (Å²) in [6, 6.07) is 0.0920. The van der Waals surface area contributed by atoms with Crippen LogP contribution in [0.15, 0.2) is 0 Å². The minimum atomic E-state index is -0.228. The van der Waals surface area contributed by atoms with Crippen molar-refractivity contribution in [1.82, 2.24) is 0 Å². The fourth-order valence-corrected chi connectivity index (χ4v) is 2.63. The zero-order valence-electron chi connectivity index (χ0n) is 9.68. The van der Waals surface area contributed by atoms with Crippen LogP contribution < -0.4 is 5.73 Å². The summed E-state index contributed by atoms with van der Waals surface area (Å²) >= 11 is 0. The Balaban J connectivity index is 2.67. The molecule has 0 amide bonds. The lowest BCUT2D eigenvalue weighted by atomic mass is 9.75. The van der Waals surface area contributed by atoms with Gasteiger partial charge in [0.05, 0.1) is 0 Å². The first kappa shape index (κ1) is 11.7. The highest BCUT2D eigenvalue weighted by Crippen LogP contribution is 2.39. The van der Waals surface area contributed by atoms with E-state index in [1.807, 2.05) is 6.92 Å². The fourth-order valence-electron chi connectivity index (χ4n) is 2.63. The third kappa shape index (κ3) is 2.00. The van der Waals surface area contributed by atoms with Crippen molar-refractivity contribution in [2.75, 3.05) is 0 Å². The van der Waals surface area contributed by atoms with Gasteiger partial charge in [0.15, 0.2) is 0 Å². The molecule has 0 spiro atoms. The van der Waals surface area contributed by atoms with Crippen molar-refractivity contribution < 1.29 is 4.79 Å². The van der Waals surface area contributed by atoms with E-state index in [0.717, 1.165) is 32.1 Å². The van der Waals surface area contributed by atoms with Gasteiger partial charge in [-0.2, -0.15) is 0 Å². The summed E-state index contributed by atoms with van der Waals surface area (Å²) in [7, 11) is 0. The van der Waals surface area contributed by atoms with Crippen molar-refractivity contribution in [2.24, 2.45) is 17.1 Å². The number of Topliss-reactive ketones (excluding diaryl/α,β-unsaturated/α-hetero) is 1. The molecule has 1 aliphatic carbocycles. The molecular weight excluding hydrogens is 174 g/mol. The number of hydrogen-bond donors (Lipinski definition) is 1. The first-order valence-electron chi connectivity index (χ1n) is 5.82. The topological polar surface area (TPSA) is 43.1 Å². The van der Waals surface area contributed by atoms with Gasteiger partial charge in [0.25, 0.3) is 0 Å². The van der Waals surface area contributed by atoms with E-state index in [2.05, 4.69) is 13.8 Å². The maximum Gasteiger partial charge on any atom is 0.143 e. The highest BCUT2D eigenvalue weighted by atomic mass is 16.1. The van der Waals surface area contributed by atoms with E-state index in [4.69, 9.17) is 5.73 Å². The third-order valence-corrected chi connectivity index (χ3v) is 3.76. The first-order chi connectivity index (χ1) is 6.52. The Kier molecular flexibility index (Phi) is 3.71. The number of carbonyl (C=O) groups excluding carboxylic acids is 1. The van der Waals surface area contributed by atoms with E-state index in [1.54, 1.807) is 0 Å². The SMILES string of the molecule is CCCC(C)C(=O)C1(C)CCCC1N. The van der Waals surface area contributed by atoms with Crippen molar-refractivity contribution in [3.05, 3.63) is 0 Å². The van der Waals surface area contributed by atoms with Crippen LogP contribution in [0, 0.1) is 11.3 Å². The van der Waals surface area contributed by atoms with E-state index in [-0.39, 0.29) is 17.4 Å². The summed E-state index contributed by atoms with van der Waals surface area (Å²) in [6.07, 6.45) is 5.20. The van der Waals surface area contributed by atoms with Crippen molar-refractivity contribution in [3.8, 4) is 0 Å². The largest absolute Gasteiger partial charge is 0.327 e. The van der Waals surface area contributed by atoms with Crippen LogP contribution >= 0.6 is 0 Å². The molecule has 82 valence electrons. The van der Waals surface area contributed by atoms with Crippen LogP contribution in [0.2, 0.25) is 0 Å². The molecule has 2 heteroatoms. The minimum absolute atomic E-state index is 0.0920. The Labute approximate surface area is 87.2 Å². The van der Waals surface area contributed by atoms with Crippen LogP contribution in [0.5, 0.6) is 0 Å². The molecule has 0 aromatic heterocycles. The van der Waals surface area contributed by atoms with Gasteiger partial charge in [-0.05, 0) is 19.3 Å². The Bertz CT molecular complexity index is 214. The highest BCUT2D eigenvalue weighted by molar-refractivity contribution is 5.87. The number of nitrogens with two attached hydrogens (primary N) is 1. The van der Waals surface area contributed by atoms with Gasteiger partial charge in [-0.3, -0.25) is 4.79 Å². The average molecular weight is 197 g/mol. The van der Waals surface area contributed by atoms with Crippen LogP contribution in [0.3, 0.4) is 0 Å². The van der Waals surface area contributed by atoms with Crippen molar-refractivity contribution >= 4 is 5.78 Å². The molecule has 1 saturated carbocycles. The number of hydrogen-bond acceptors (Lipinski definition) is 2. The molecule has 2 N–H and O–H groups in total. The van der Waals surface area contributed by atoms with E-state index >= 15 is 0 Å². The maximum atomic E-state index is 12.2. The molecule has 0 saturated heterocycles. The lowest BCUT2D eigenvalue weighted by molar-refractivity contribution is -0.132. The molecule has 1 fully saturated rings. The average Bonchev–Trinajstić information content (AvgIpc) is 2.47. The second-order valence-corrected chi connectivity index (χ2v) is 4.97. The van der Waals surface area contributed by atoms with Gasteiger partial charge in [0, 0.05) is 17.4 Å². The summed E-state index contributed by atoms with van der Waals surface area (Å²) in [5, 5.41) is 0. The van der Waals surface area contributed by atoms with E-state index < -0.39 is 0 Å². The van der Waals surface area contributed by atoms with Gasteiger partial charge in [0.2, 0.25) is 0 Å². The quantitative estimate of drug-likeness (QED) is 0.752. The third-order valence-electron chi connectivity index (χ3n) is 3.76. The summed E-state index contributed by atoms with van der Waals surface area (Å²) < 4.78 is 0. The van der Waals surface area contributed by atoms with Gasteiger partial charge in [0.1, 0.15) is 5.78 Å². The normalized spacial score (nSPS) is 34.4. The van der Waals surface area contributed by atoms with Crippen LogP contribution in [-0.2, 0) is 4.79 Å². The maximum absolute atomic E-state index is 12.2. The molecule has 1 aliphatic rings. The Hall–Kier alpha value is -0.370. The van der Waals surface area contributed by atoms with E-state index in [0.29, 0.717) is 5.78 Å². The summed E-state index contributed by atoms with van der Waals surface area (Å²) in [6.45, 7) is 6.22. The summed E-state index contributed by atoms with van der Waals surface area (Å²) in [5.41, 5.74) is 5.80. The molecule has 14 heavy (non-hydrogen) atoms. The van der Waals surface area contributed by atoms with Crippen LogP contribution in [-0.4, -0.2) is 11.8 Å². The highest BCUT2D eigenvalue weighted by Gasteiger charge is 2.43. The van der Waals surface area contributed by atoms with E-state index in [9.17, 15) is 4.79 Å². The Morgan fingerprint density at radius 3 is 2.71 bits per heavy atom. The van der Waals surface area contributed by atoms with Gasteiger partial charge in [-0.1, -0.05) is 33.6 Å². The zero-order chi connectivity index (χ0) is 10.8. The predicted octanol–water partition coefficient (Wildman–Crippen LogP) is 2.51. The molecule has 3 unspecified atom stereocenters. The lowest BCUT2D eigenvalue weighted by Gasteiger charge is -2.30. The van der Waals surface area contributed by atoms with Gasteiger partial charge in [-0.25, -0.2) is 0 Å². The molecule has 0 aromatic carbocycles. The van der Waals surface area contributed by atoms with E-state index in [1.165, 1.54) is 0 Å². The number of rotatable bonds is 4. The Morgan fingerprint density at radius 2 is 2.29 bits per heavy atom. The predicted molar refractivity (Wildman–Crippen MR) is 59.0 cm³/mol. The van der Waals surface area contributed by atoms with Gasteiger partial charge >= 0.3 is 0 Å². The molecule has 0 heterocycles. The van der Waals surface area contributed by atoms with Crippen molar-refractivity contribution in [1.29, 1.82) is 0 Å². The van der Waals surface area contributed by atoms with Crippen molar-refractivity contribution in [3.63, 3.8) is 0 Å². The molecule has 2 nitrogen and oxygen atoms in total. The number of carbonyl (C=O) groups is 1. The molecule has 0 aliphatic heterocycles. The summed E-state index contributed by atoms with van der Waals surface area (Å²) in [5.74, 6) is 0.582. The standard InChI is InChI=1S/C12H23NO/c1-4-6-9(2)11(14)12(3)8-5-7-10(12)13/h9-10H,4-8,13H2,1-3H3. The van der Waals surface area contributed by atoms with Crippen LogP contribution in [0.25, 0.3) is 0 Å². The van der Waals surface area contributed by atoms with Crippen LogP contribution in [0.4, 0.5) is 0 Å². The second-order valence-electron chi connectivity index (χ2n) is 4.97. The Morgan fingerprint density at radius 1 is 1.64 bits per heavy atom. The first-order valence-corrected chi connectivity index (χ1v) is 5.82. The van der Waals surface area contributed by atoms with Crippen LogP contribution in [0.1, 0.15) is 52.9 Å². The van der Waals surface area contributed by atoms with Crippen molar-refractivity contribution in [2.45, 2.75) is 58.9 Å². The zero-order valence-corrected chi connectivity index (χ0v) is 9.68. The fraction of sp³-hybridized carbons (Fsp3) is 0.917. The summed E-state index contributed by atoms with van der Waals surface area (Å²) in [4.78, 5) is 12.2. The monoisotopic (exact) mass is 197 g/mol. The molecule has 3 atom stereocenters. The molecular formula is C12H23NO. The minimum Gasteiger partial charge on any atom is -0.327 e.